The molecule has 6 heteroatoms. The van der Waals surface area contributed by atoms with Crippen LogP contribution in [0.5, 0.6) is 0 Å². The lowest BCUT2D eigenvalue weighted by atomic mass is 10.3. The third-order valence-electron chi connectivity index (χ3n) is 2.92. The average Bonchev–Trinajstić information content (AvgIpc) is 2.71. The van der Waals surface area contributed by atoms with E-state index in [1.807, 2.05) is 23.6 Å². The van der Waals surface area contributed by atoms with Crippen molar-refractivity contribution in [3.05, 3.63) is 39.6 Å². The van der Waals surface area contributed by atoms with Crippen molar-refractivity contribution in [3.63, 3.8) is 0 Å². The summed E-state index contributed by atoms with van der Waals surface area (Å²) in [6.07, 6.45) is 0. The minimum absolute atomic E-state index is 0.00381. The second-order valence-electron chi connectivity index (χ2n) is 4.43. The molecule has 2 aromatic rings. The van der Waals surface area contributed by atoms with Crippen molar-refractivity contribution in [1.82, 2.24) is 4.57 Å². The van der Waals surface area contributed by atoms with Crippen LogP contribution in [0.3, 0.4) is 0 Å². The molecule has 0 radical (unpaired) electrons. The van der Waals surface area contributed by atoms with Crippen LogP contribution in [0.4, 0.5) is 11.4 Å². The number of hydrogen-bond acceptors (Lipinski definition) is 5. The van der Waals surface area contributed by atoms with Gasteiger partial charge in [0.2, 0.25) is 0 Å². The van der Waals surface area contributed by atoms with Gasteiger partial charge in [0, 0.05) is 24.8 Å². The summed E-state index contributed by atoms with van der Waals surface area (Å²) in [6, 6.07) is 7.20. The van der Waals surface area contributed by atoms with Gasteiger partial charge >= 0.3 is 0 Å². The Morgan fingerprint density at radius 2 is 2.05 bits per heavy atom. The fraction of sp³-hybridized carbons (Fsp3) is 0.286. The van der Waals surface area contributed by atoms with Gasteiger partial charge in [0.1, 0.15) is 0 Å². The maximum atomic E-state index is 11.6. The number of carbonyl (C=O) groups excluding carboxylic acids is 1. The molecule has 0 aliphatic heterocycles. The predicted molar refractivity (Wildman–Crippen MR) is 80.2 cm³/mol. The first-order chi connectivity index (χ1) is 9.52. The number of nitrogens with zero attached hydrogens (tertiary/aromatic N) is 2. The highest BCUT2D eigenvalue weighted by Gasteiger charge is 2.12. The monoisotopic (exact) mass is 291 g/mol. The average molecular weight is 291 g/mol. The first-order valence-corrected chi connectivity index (χ1v) is 7.07. The Hall–Kier alpha value is -1.92. The molecule has 0 amide bonds. The summed E-state index contributed by atoms with van der Waals surface area (Å²) in [5, 5.41) is 9.16. The Morgan fingerprint density at radius 3 is 2.60 bits per heavy atom. The molecule has 106 valence electrons. The highest BCUT2D eigenvalue weighted by Crippen LogP contribution is 2.16. The van der Waals surface area contributed by atoms with Crippen LogP contribution < -0.4 is 10.5 Å². The van der Waals surface area contributed by atoms with Gasteiger partial charge in [-0.1, -0.05) is 11.3 Å². The van der Waals surface area contributed by atoms with E-state index in [4.69, 9.17) is 10.8 Å². The highest BCUT2D eigenvalue weighted by molar-refractivity contribution is 7.11. The Balaban J connectivity index is 2.57. The van der Waals surface area contributed by atoms with Crippen molar-refractivity contribution in [1.29, 1.82) is 0 Å². The lowest BCUT2D eigenvalue weighted by Gasteiger charge is -2.03. The van der Waals surface area contributed by atoms with E-state index in [-0.39, 0.29) is 12.4 Å². The molecule has 0 saturated heterocycles. The van der Waals surface area contributed by atoms with Gasteiger partial charge in [-0.2, -0.15) is 0 Å². The van der Waals surface area contributed by atoms with Crippen LogP contribution in [0.1, 0.15) is 22.3 Å². The number of benzene rings is 1. The van der Waals surface area contributed by atoms with E-state index >= 15 is 0 Å². The molecule has 5 nitrogen and oxygen atoms in total. The molecule has 0 saturated carbocycles. The zero-order valence-corrected chi connectivity index (χ0v) is 12.3. The number of aliphatic hydroxyl groups excluding tert-OH is 1. The number of rotatable bonds is 4. The fourth-order valence-electron chi connectivity index (χ4n) is 1.92. The minimum atomic E-state index is 0.00381. The molecule has 0 aliphatic carbocycles. The van der Waals surface area contributed by atoms with Crippen LogP contribution in [-0.2, 0) is 6.54 Å². The van der Waals surface area contributed by atoms with Crippen molar-refractivity contribution < 1.29 is 9.90 Å². The lowest BCUT2D eigenvalue weighted by molar-refractivity contribution is 0.102. The summed E-state index contributed by atoms with van der Waals surface area (Å²) in [7, 11) is 0. The van der Waals surface area contributed by atoms with Crippen LogP contribution in [-0.4, -0.2) is 22.1 Å². The van der Waals surface area contributed by atoms with Crippen LogP contribution in [0.25, 0.3) is 0 Å². The number of aromatic nitrogens is 1. The molecular formula is C14H17N3O2S. The number of thiazole rings is 1. The van der Waals surface area contributed by atoms with E-state index in [0.717, 1.165) is 11.4 Å². The van der Waals surface area contributed by atoms with Crippen LogP contribution in [0.2, 0.25) is 0 Å². The van der Waals surface area contributed by atoms with Crippen LogP contribution >= 0.6 is 11.3 Å². The standard InChI is InChI=1S/C14H17N3O2S/c1-9-13(10(2)19)20-14(17(9)7-8-18)16-12-5-3-11(15)4-6-12/h3-6,18H,7-8,15H2,1-2H3/b16-14-. The molecule has 0 fully saturated rings. The van der Waals surface area contributed by atoms with Crippen LogP contribution in [0.15, 0.2) is 29.3 Å². The number of hydrogen-bond donors (Lipinski definition) is 2. The van der Waals surface area contributed by atoms with E-state index in [9.17, 15) is 4.79 Å². The fourth-order valence-corrected chi connectivity index (χ4v) is 2.99. The molecule has 1 heterocycles. The van der Waals surface area contributed by atoms with Crippen molar-refractivity contribution >= 4 is 28.5 Å². The van der Waals surface area contributed by atoms with Crippen molar-refractivity contribution in [2.45, 2.75) is 20.4 Å². The van der Waals surface area contributed by atoms with Gasteiger partial charge in [0.05, 0.1) is 17.2 Å². The Kier molecular flexibility index (Phi) is 4.36. The first kappa shape index (κ1) is 14.5. The number of nitrogen functional groups attached to an aromatic ring is 1. The third-order valence-corrected chi connectivity index (χ3v) is 4.20. The molecular weight excluding hydrogens is 274 g/mol. The highest BCUT2D eigenvalue weighted by atomic mass is 32.1. The van der Waals surface area contributed by atoms with Gasteiger partial charge < -0.3 is 15.4 Å². The molecule has 0 spiro atoms. The molecule has 0 atom stereocenters. The number of anilines is 1. The number of carbonyl (C=O) groups is 1. The largest absolute Gasteiger partial charge is 0.399 e. The zero-order chi connectivity index (χ0) is 14.7. The molecule has 1 aromatic heterocycles. The number of aliphatic hydroxyl groups is 1. The summed E-state index contributed by atoms with van der Waals surface area (Å²) >= 11 is 1.34. The smallest absolute Gasteiger partial charge is 0.190 e. The summed E-state index contributed by atoms with van der Waals surface area (Å²) in [5.74, 6) is 0.0120. The first-order valence-electron chi connectivity index (χ1n) is 6.25. The Bertz CT molecular complexity index is 683. The zero-order valence-electron chi connectivity index (χ0n) is 11.5. The molecule has 0 aliphatic rings. The van der Waals surface area contributed by atoms with E-state index in [2.05, 4.69) is 4.99 Å². The van der Waals surface area contributed by atoms with E-state index < -0.39 is 0 Å². The summed E-state index contributed by atoms with van der Waals surface area (Å²) in [6.45, 7) is 3.83. The SMILES string of the molecule is CC(=O)c1s/c(=N\c2ccc(N)cc2)n(CCO)c1C. The molecule has 0 bridgehead atoms. The topological polar surface area (TPSA) is 80.6 Å². The van der Waals surface area contributed by atoms with Crippen molar-refractivity contribution in [2.24, 2.45) is 4.99 Å². The van der Waals surface area contributed by atoms with E-state index in [1.54, 1.807) is 12.1 Å². The second-order valence-corrected chi connectivity index (χ2v) is 5.41. The quantitative estimate of drug-likeness (QED) is 0.666. The number of ketones is 1. The maximum absolute atomic E-state index is 11.6. The van der Waals surface area contributed by atoms with Gasteiger partial charge in [0.15, 0.2) is 10.6 Å². The number of nitrogens with two attached hydrogens (primary N) is 1. The summed E-state index contributed by atoms with van der Waals surface area (Å²) in [4.78, 5) is 17.5. The van der Waals surface area contributed by atoms with E-state index in [1.165, 1.54) is 18.3 Å². The summed E-state index contributed by atoms with van der Waals surface area (Å²) in [5.41, 5.74) is 7.93. The molecule has 3 N–H and O–H groups in total. The van der Waals surface area contributed by atoms with Gasteiger partial charge in [-0.05, 0) is 31.2 Å². The molecule has 1 aromatic carbocycles. The van der Waals surface area contributed by atoms with Gasteiger partial charge in [-0.25, -0.2) is 4.99 Å². The minimum Gasteiger partial charge on any atom is -0.399 e. The third kappa shape index (κ3) is 2.97. The number of Topliss-reactive ketones (excluding diaryl/α,β-unsaturated/α-hetero) is 1. The van der Waals surface area contributed by atoms with Crippen LogP contribution in [0, 0.1) is 6.92 Å². The maximum Gasteiger partial charge on any atom is 0.190 e. The molecule has 20 heavy (non-hydrogen) atoms. The molecule has 0 unspecified atom stereocenters. The molecule has 2 rings (SSSR count). The van der Waals surface area contributed by atoms with Gasteiger partial charge in [-0.3, -0.25) is 4.79 Å². The summed E-state index contributed by atoms with van der Waals surface area (Å²) < 4.78 is 1.86. The van der Waals surface area contributed by atoms with Crippen molar-refractivity contribution in [3.8, 4) is 0 Å². The van der Waals surface area contributed by atoms with Gasteiger partial charge in [0.25, 0.3) is 0 Å². The Morgan fingerprint density at radius 1 is 1.40 bits per heavy atom. The lowest BCUT2D eigenvalue weighted by Crippen LogP contribution is -2.18. The van der Waals surface area contributed by atoms with Crippen molar-refractivity contribution in [2.75, 3.05) is 12.3 Å². The second kappa shape index (κ2) is 6.02. The Labute approximate surface area is 121 Å². The normalized spacial score (nSPS) is 11.8. The predicted octanol–water partition coefficient (Wildman–Crippen LogP) is 1.87. The van der Waals surface area contributed by atoms with Gasteiger partial charge in [-0.15, -0.1) is 0 Å². The van der Waals surface area contributed by atoms with E-state index in [0.29, 0.717) is 21.9 Å².